The Hall–Kier alpha value is -1.84. The molecular weight excluding hydrogens is 330 g/mol. The molecule has 1 aromatic carbocycles. The number of carbonyl (C=O) groups excluding carboxylic acids is 1. The molecule has 10 heteroatoms. The lowest BCUT2D eigenvalue weighted by Crippen LogP contribution is -2.27. The Morgan fingerprint density at radius 3 is 2.14 bits per heavy atom. The van der Waals surface area contributed by atoms with E-state index in [0.29, 0.717) is 18.2 Å². The fourth-order valence-corrected chi connectivity index (χ4v) is 2.03. The maximum atomic E-state index is 13.1. The van der Waals surface area contributed by atoms with Crippen molar-refractivity contribution in [2.75, 3.05) is 5.32 Å². The predicted molar refractivity (Wildman–Crippen MR) is 69.6 cm³/mol. The van der Waals surface area contributed by atoms with Crippen LogP contribution in [0.4, 0.5) is 27.5 Å². The number of benzene rings is 1. The molecule has 0 unspecified atom stereocenters. The minimum atomic E-state index is -5.32. The summed E-state index contributed by atoms with van der Waals surface area (Å²) in [6.45, 7) is 4.47. The number of nitrogens with one attached hydrogen (secondary N) is 1. The second-order valence-electron chi connectivity index (χ2n) is 5.27. The molecule has 0 heterocycles. The minimum Gasteiger partial charge on any atom is -0.444 e. The highest BCUT2D eigenvalue weighted by atomic mass is 32.3. The monoisotopic (exact) mass is 343 g/mol. The van der Waals surface area contributed by atoms with E-state index < -0.39 is 44.2 Å². The number of amides is 1. The van der Waals surface area contributed by atoms with Crippen LogP contribution in [0.1, 0.15) is 26.3 Å². The average Bonchev–Trinajstić information content (AvgIpc) is 2.23. The number of rotatable bonds is 2. The van der Waals surface area contributed by atoms with Crippen molar-refractivity contribution >= 4 is 22.0 Å². The zero-order chi connectivity index (χ0) is 17.3. The number of hydrogen-bond donors (Lipinski definition) is 1. The SMILES string of the molecule is CC(C)(C)OC(=O)Nc1cc(C(F)(F)F)ccc1S(=O)(=O)F. The van der Waals surface area contributed by atoms with Crippen LogP contribution in [0.25, 0.3) is 0 Å². The van der Waals surface area contributed by atoms with Crippen LogP contribution in [0.5, 0.6) is 0 Å². The van der Waals surface area contributed by atoms with Crippen molar-refractivity contribution in [1.29, 1.82) is 0 Å². The number of carbonyl (C=O) groups is 1. The summed E-state index contributed by atoms with van der Waals surface area (Å²) >= 11 is 0. The third-order valence-corrected chi connectivity index (χ3v) is 3.09. The maximum absolute atomic E-state index is 13.1. The second kappa shape index (κ2) is 5.75. The smallest absolute Gasteiger partial charge is 0.416 e. The first-order chi connectivity index (χ1) is 9.70. The molecule has 5 nitrogen and oxygen atoms in total. The zero-order valence-corrected chi connectivity index (χ0v) is 12.6. The summed E-state index contributed by atoms with van der Waals surface area (Å²) in [5.41, 5.74) is -3.07. The Morgan fingerprint density at radius 1 is 1.18 bits per heavy atom. The lowest BCUT2D eigenvalue weighted by molar-refractivity contribution is -0.137. The van der Waals surface area contributed by atoms with Crippen LogP contribution in [-0.2, 0) is 21.1 Å². The molecule has 0 atom stereocenters. The van der Waals surface area contributed by atoms with Gasteiger partial charge < -0.3 is 4.74 Å². The Kier molecular flexibility index (Phi) is 4.76. The van der Waals surface area contributed by atoms with E-state index in [1.165, 1.54) is 20.8 Å². The van der Waals surface area contributed by atoms with Gasteiger partial charge >= 0.3 is 22.5 Å². The van der Waals surface area contributed by atoms with E-state index in [-0.39, 0.29) is 0 Å². The van der Waals surface area contributed by atoms with Gasteiger partial charge in [0.2, 0.25) is 0 Å². The molecule has 0 bridgehead atoms. The molecule has 1 aromatic rings. The molecule has 124 valence electrons. The lowest BCUT2D eigenvalue weighted by atomic mass is 10.2. The Bertz CT molecular complexity index is 677. The van der Waals surface area contributed by atoms with E-state index in [4.69, 9.17) is 4.74 Å². The zero-order valence-electron chi connectivity index (χ0n) is 11.8. The van der Waals surface area contributed by atoms with E-state index in [1.807, 2.05) is 0 Å². The van der Waals surface area contributed by atoms with Gasteiger partial charge in [0.05, 0.1) is 11.3 Å². The number of hydrogen-bond acceptors (Lipinski definition) is 4. The van der Waals surface area contributed by atoms with Gasteiger partial charge in [-0.2, -0.15) is 21.6 Å². The quantitative estimate of drug-likeness (QED) is 0.656. The highest BCUT2D eigenvalue weighted by molar-refractivity contribution is 7.86. The third kappa shape index (κ3) is 5.17. The summed E-state index contributed by atoms with van der Waals surface area (Å²) in [5.74, 6) is 0. The van der Waals surface area contributed by atoms with Crippen molar-refractivity contribution < 1.29 is 35.0 Å². The predicted octanol–water partition coefficient (Wildman–Crippen LogP) is 3.71. The van der Waals surface area contributed by atoms with Crippen LogP contribution in [0.15, 0.2) is 23.1 Å². The van der Waals surface area contributed by atoms with Crippen molar-refractivity contribution in [3.63, 3.8) is 0 Å². The molecule has 0 aliphatic heterocycles. The molecule has 0 spiro atoms. The first-order valence-electron chi connectivity index (χ1n) is 5.86. The van der Waals surface area contributed by atoms with Gasteiger partial charge in [0.1, 0.15) is 10.5 Å². The van der Waals surface area contributed by atoms with Gasteiger partial charge in [-0.3, -0.25) is 5.32 Å². The van der Waals surface area contributed by atoms with Crippen LogP contribution in [0.2, 0.25) is 0 Å². The highest BCUT2D eigenvalue weighted by Crippen LogP contribution is 2.34. The molecule has 0 saturated heterocycles. The Morgan fingerprint density at radius 2 is 1.73 bits per heavy atom. The van der Waals surface area contributed by atoms with Crippen LogP contribution in [0.3, 0.4) is 0 Å². The van der Waals surface area contributed by atoms with E-state index in [0.717, 1.165) is 0 Å². The summed E-state index contributed by atoms with van der Waals surface area (Å²) in [5, 5.41) is 1.81. The second-order valence-corrected chi connectivity index (χ2v) is 6.59. The van der Waals surface area contributed by atoms with Crippen molar-refractivity contribution in [2.24, 2.45) is 0 Å². The maximum Gasteiger partial charge on any atom is 0.416 e. The van der Waals surface area contributed by atoms with Crippen LogP contribution in [-0.4, -0.2) is 20.1 Å². The number of alkyl halides is 3. The third-order valence-electron chi connectivity index (χ3n) is 2.21. The molecule has 0 aliphatic carbocycles. The number of anilines is 1. The van der Waals surface area contributed by atoms with E-state index in [1.54, 1.807) is 5.32 Å². The Labute approximate surface area is 124 Å². The van der Waals surface area contributed by atoms with Gasteiger partial charge in [0.15, 0.2) is 0 Å². The van der Waals surface area contributed by atoms with Gasteiger partial charge in [-0.05, 0) is 39.0 Å². The molecule has 1 N–H and O–H groups in total. The normalized spacial score (nSPS) is 12.9. The first kappa shape index (κ1) is 18.2. The van der Waals surface area contributed by atoms with E-state index >= 15 is 0 Å². The summed E-state index contributed by atoms with van der Waals surface area (Å²) in [6, 6.07) is 1.13. The Balaban J connectivity index is 3.27. The van der Waals surface area contributed by atoms with Gasteiger partial charge in [-0.1, -0.05) is 0 Å². The molecule has 0 saturated carbocycles. The topological polar surface area (TPSA) is 72.5 Å². The highest BCUT2D eigenvalue weighted by Gasteiger charge is 2.33. The van der Waals surface area contributed by atoms with Crippen LogP contribution < -0.4 is 5.32 Å². The minimum absolute atomic E-state index is 0.316. The largest absolute Gasteiger partial charge is 0.444 e. The summed E-state index contributed by atoms with van der Waals surface area (Å²) in [7, 11) is -5.32. The van der Waals surface area contributed by atoms with Crippen LogP contribution in [0, 0.1) is 0 Å². The molecule has 0 radical (unpaired) electrons. The van der Waals surface area contributed by atoms with Crippen molar-refractivity contribution in [3.8, 4) is 0 Å². The van der Waals surface area contributed by atoms with Crippen LogP contribution >= 0.6 is 0 Å². The van der Waals surface area contributed by atoms with Gasteiger partial charge in [-0.15, -0.1) is 3.89 Å². The van der Waals surface area contributed by atoms with Crippen molar-refractivity contribution in [2.45, 2.75) is 37.4 Å². The van der Waals surface area contributed by atoms with E-state index in [2.05, 4.69) is 0 Å². The molecule has 1 rings (SSSR count). The van der Waals surface area contributed by atoms with E-state index in [9.17, 15) is 30.3 Å². The fourth-order valence-electron chi connectivity index (χ4n) is 1.43. The summed E-state index contributed by atoms with van der Waals surface area (Å²) < 4.78 is 77.6. The molecule has 0 aliphatic rings. The average molecular weight is 343 g/mol. The number of halogens is 4. The van der Waals surface area contributed by atoms with Gasteiger partial charge in [0, 0.05) is 0 Å². The molecule has 1 amide bonds. The van der Waals surface area contributed by atoms with Gasteiger partial charge in [0.25, 0.3) is 0 Å². The lowest BCUT2D eigenvalue weighted by Gasteiger charge is -2.20. The van der Waals surface area contributed by atoms with Crippen molar-refractivity contribution in [3.05, 3.63) is 23.8 Å². The standard InChI is InChI=1S/C12H13F4NO4S/c1-11(2,3)21-10(18)17-8-6-7(12(13,14)15)4-5-9(8)22(16,19)20/h4-6H,1-3H3,(H,17,18). The molecular formula is C12H13F4NO4S. The molecule has 22 heavy (non-hydrogen) atoms. The fraction of sp³-hybridized carbons (Fsp3) is 0.417. The molecule has 0 fully saturated rings. The summed E-state index contributed by atoms with van der Waals surface area (Å²) in [4.78, 5) is 10.4. The summed E-state index contributed by atoms with van der Waals surface area (Å²) in [6.07, 6.45) is -6.00. The number of ether oxygens (including phenoxy) is 1. The van der Waals surface area contributed by atoms with Gasteiger partial charge in [-0.25, -0.2) is 4.79 Å². The molecule has 0 aromatic heterocycles. The first-order valence-corrected chi connectivity index (χ1v) is 7.24. The van der Waals surface area contributed by atoms with Crippen molar-refractivity contribution in [1.82, 2.24) is 0 Å².